The Labute approximate surface area is 147 Å². The van der Waals surface area contributed by atoms with Crippen molar-refractivity contribution in [3.63, 3.8) is 0 Å². The van der Waals surface area contributed by atoms with Crippen molar-refractivity contribution < 1.29 is 18.7 Å². The summed E-state index contributed by atoms with van der Waals surface area (Å²) in [5.41, 5.74) is 1.51. The van der Waals surface area contributed by atoms with E-state index in [9.17, 15) is 4.79 Å². The molecule has 2 fully saturated rings. The van der Waals surface area contributed by atoms with Crippen LogP contribution in [-0.2, 0) is 16.1 Å². The molecule has 5 nitrogen and oxygen atoms in total. The molecule has 2 aromatic rings. The molecule has 1 aromatic carbocycles. The molecule has 1 spiro atoms. The molecule has 2 atom stereocenters. The van der Waals surface area contributed by atoms with Gasteiger partial charge >= 0.3 is 0 Å². The summed E-state index contributed by atoms with van der Waals surface area (Å²) in [6.45, 7) is 2.59. The molecule has 1 aromatic heterocycles. The third kappa shape index (κ3) is 3.62. The van der Waals surface area contributed by atoms with Gasteiger partial charge in [0.25, 0.3) is 5.91 Å². The van der Waals surface area contributed by atoms with Gasteiger partial charge in [0.2, 0.25) is 0 Å². The molecule has 0 bridgehead atoms. The number of hydrogen-bond donors (Lipinski definition) is 0. The number of carbonyl (C=O) groups is 1. The predicted molar refractivity (Wildman–Crippen MR) is 92.2 cm³/mol. The van der Waals surface area contributed by atoms with Crippen molar-refractivity contribution in [2.24, 2.45) is 0 Å². The number of piperidine rings is 1. The molecule has 2 aliphatic heterocycles. The van der Waals surface area contributed by atoms with Crippen LogP contribution < -0.4 is 0 Å². The van der Waals surface area contributed by atoms with Crippen molar-refractivity contribution in [2.75, 3.05) is 19.7 Å². The Morgan fingerprint density at radius 1 is 1.28 bits per heavy atom. The summed E-state index contributed by atoms with van der Waals surface area (Å²) < 4.78 is 17.2. The number of likely N-dealkylation sites (tertiary alicyclic amines) is 1. The van der Waals surface area contributed by atoms with E-state index in [-0.39, 0.29) is 17.6 Å². The lowest BCUT2D eigenvalue weighted by molar-refractivity contribution is -0.0466. The molecule has 3 heterocycles. The molecular formula is C20H23NO4. The van der Waals surface area contributed by atoms with Crippen LogP contribution in [0, 0.1) is 0 Å². The van der Waals surface area contributed by atoms with Crippen LogP contribution in [0.1, 0.15) is 35.2 Å². The van der Waals surface area contributed by atoms with E-state index in [0.29, 0.717) is 25.3 Å². The number of nitrogens with zero attached hydrogens (tertiary/aromatic N) is 1. The second-order valence-corrected chi connectivity index (χ2v) is 6.96. The van der Waals surface area contributed by atoms with Gasteiger partial charge in [-0.05, 0) is 24.5 Å². The van der Waals surface area contributed by atoms with Crippen molar-refractivity contribution in [3.8, 4) is 0 Å². The molecule has 2 unspecified atom stereocenters. The maximum absolute atomic E-state index is 12.6. The first-order valence-electron chi connectivity index (χ1n) is 8.85. The SMILES string of the molecule is O=C(c1ccoc1)N1CCCC2(CC(OCc3ccccc3)CO2)C1. The topological polar surface area (TPSA) is 51.9 Å². The average molecular weight is 341 g/mol. The number of rotatable bonds is 4. The Kier molecular flexibility index (Phi) is 4.59. The Morgan fingerprint density at radius 2 is 2.16 bits per heavy atom. The Hall–Kier alpha value is -2.11. The Balaban J connectivity index is 1.35. The predicted octanol–water partition coefficient (Wildman–Crippen LogP) is 3.26. The van der Waals surface area contributed by atoms with Gasteiger partial charge in [-0.3, -0.25) is 4.79 Å². The van der Waals surface area contributed by atoms with E-state index in [2.05, 4.69) is 12.1 Å². The largest absolute Gasteiger partial charge is 0.472 e. The van der Waals surface area contributed by atoms with Crippen molar-refractivity contribution >= 4 is 5.91 Å². The fraction of sp³-hybridized carbons (Fsp3) is 0.450. The van der Waals surface area contributed by atoms with Crippen LogP contribution in [-0.4, -0.2) is 42.2 Å². The van der Waals surface area contributed by atoms with Crippen molar-refractivity contribution in [1.29, 1.82) is 0 Å². The molecule has 132 valence electrons. The molecule has 4 rings (SSSR count). The fourth-order valence-electron chi connectivity index (χ4n) is 3.82. The summed E-state index contributed by atoms with van der Waals surface area (Å²) in [4.78, 5) is 14.5. The van der Waals surface area contributed by atoms with Gasteiger partial charge in [-0.2, -0.15) is 0 Å². The Bertz CT molecular complexity index is 700. The smallest absolute Gasteiger partial charge is 0.257 e. The van der Waals surface area contributed by atoms with Gasteiger partial charge < -0.3 is 18.8 Å². The minimum atomic E-state index is -0.265. The Morgan fingerprint density at radius 3 is 2.96 bits per heavy atom. The molecule has 2 aliphatic rings. The van der Waals surface area contributed by atoms with Gasteiger partial charge in [-0.25, -0.2) is 0 Å². The normalized spacial score (nSPS) is 26.2. The van der Waals surface area contributed by atoms with E-state index >= 15 is 0 Å². The number of amides is 1. The van der Waals surface area contributed by atoms with E-state index in [0.717, 1.165) is 25.8 Å². The van der Waals surface area contributed by atoms with Gasteiger partial charge in [-0.1, -0.05) is 30.3 Å². The van der Waals surface area contributed by atoms with Crippen LogP contribution >= 0.6 is 0 Å². The monoisotopic (exact) mass is 341 g/mol. The molecule has 5 heteroatoms. The highest BCUT2D eigenvalue weighted by Crippen LogP contribution is 2.36. The molecule has 0 radical (unpaired) electrons. The van der Waals surface area contributed by atoms with E-state index in [1.54, 1.807) is 6.07 Å². The summed E-state index contributed by atoms with van der Waals surface area (Å²) in [5.74, 6) is 0.0186. The summed E-state index contributed by atoms with van der Waals surface area (Å²) >= 11 is 0. The molecule has 0 saturated carbocycles. The fourth-order valence-corrected chi connectivity index (χ4v) is 3.82. The van der Waals surface area contributed by atoms with Crippen LogP contribution in [0.2, 0.25) is 0 Å². The molecule has 1 amide bonds. The first-order chi connectivity index (χ1) is 12.2. The number of hydrogen-bond acceptors (Lipinski definition) is 4. The van der Waals surface area contributed by atoms with E-state index < -0.39 is 0 Å². The first-order valence-corrected chi connectivity index (χ1v) is 8.85. The lowest BCUT2D eigenvalue weighted by Gasteiger charge is -2.39. The second-order valence-electron chi connectivity index (χ2n) is 6.96. The number of furan rings is 1. The zero-order chi connectivity index (χ0) is 17.1. The van der Waals surface area contributed by atoms with Gasteiger partial charge in [0.1, 0.15) is 6.26 Å². The third-order valence-corrected chi connectivity index (χ3v) is 5.10. The van der Waals surface area contributed by atoms with Gasteiger partial charge in [0.15, 0.2) is 0 Å². The van der Waals surface area contributed by atoms with E-state index in [1.807, 2.05) is 23.1 Å². The van der Waals surface area contributed by atoms with Crippen molar-refractivity contribution in [1.82, 2.24) is 4.90 Å². The van der Waals surface area contributed by atoms with Gasteiger partial charge in [0.05, 0.1) is 43.3 Å². The van der Waals surface area contributed by atoms with Crippen LogP contribution in [0.25, 0.3) is 0 Å². The lowest BCUT2D eigenvalue weighted by Crippen LogP contribution is -2.50. The highest BCUT2D eigenvalue weighted by molar-refractivity contribution is 5.93. The molecule has 25 heavy (non-hydrogen) atoms. The standard InChI is InChI=1S/C20H23NO4/c22-19(17-7-10-23-13-17)21-9-4-8-20(15-21)11-18(14-25-20)24-12-16-5-2-1-3-6-16/h1-3,5-7,10,13,18H,4,8-9,11-12,14-15H2. The zero-order valence-electron chi connectivity index (χ0n) is 14.2. The maximum Gasteiger partial charge on any atom is 0.257 e. The molecule has 0 aliphatic carbocycles. The first kappa shape index (κ1) is 16.4. The molecular weight excluding hydrogens is 318 g/mol. The minimum absolute atomic E-state index is 0.0186. The van der Waals surface area contributed by atoms with Gasteiger partial charge in [0, 0.05) is 13.0 Å². The zero-order valence-corrected chi connectivity index (χ0v) is 14.2. The van der Waals surface area contributed by atoms with Crippen molar-refractivity contribution in [3.05, 3.63) is 60.1 Å². The van der Waals surface area contributed by atoms with E-state index in [1.165, 1.54) is 18.1 Å². The number of benzene rings is 1. The quantitative estimate of drug-likeness (QED) is 0.856. The van der Waals surface area contributed by atoms with Crippen LogP contribution in [0.5, 0.6) is 0 Å². The highest BCUT2D eigenvalue weighted by Gasteiger charge is 2.45. The van der Waals surface area contributed by atoms with Crippen LogP contribution in [0.3, 0.4) is 0 Å². The highest BCUT2D eigenvalue weighted by atomic mass is 16.6. The van der Waals surface area contributed by atoms with E-state index in [4.69, 9.17) is 13.9 Å². The lowest BCUT2D eigenvalue weighted by atomic mass is 9.89. The van der Waals surface area contributed by atoms with Crippen molar-refractivity contribution in [2.45, 2.75) is 37.6 Å². The average Bonchev–Trinajstić information content (AvgIpc) is 3.31. The van der Waals surface area contributed by atoms with Crippen LogP contribution in [0.15, 0.2) is 53.3 Å². The molecule has 2 saturated heterocycles. The summed E-state index contributed by atoms with van der Waals surface area (Å²) in [6, 6.07) is 11.9. The minimum Gasteiger partial charge on any atom is -0.472 e. The summed E-state index contributed by atoms with van der Waals surface area (Å²) in [6.07, 6.45) is 5.90. The maximum atomic E-state index is 12.6. The third-order valence-electron chi connectivity index (χ3n) is 5.10. The number of ether oxygens (including phenoxy) is 2. The van der Waals surface area contributed by atoms with Crippen LogP contribution in [0.4, 0.5) is 0 Å². The van der Waals surface area contributed by atoms with Gasteiger partial charge in [-0.15, -0.1) is 0 Å². The second kappa shape index (κ2) is 7.02. The summed E-state index contributed by atoms with van der Waals surface area (Å²) in [5, 5.41) is 0. The molecule has 0 N–H and O–H groups in total. The summed E-state index contributed by atoms with van der Waals surface area (Å²) in [7, 11) is 0. The number of carbonyl (C=O) groups excluding carboxylic acids is 1.